The average Bonchev–Trinajstić information content (AvgIpc) is 3.83. The zero-order chi connectivity index (χ0) is 25.6. The van der Waals surface area contributed by atoms with Crippen LogP contribution in [0.4, 0.5) is 0 Å². The van der Waals surface area contributed by atoms with Crippen LogP contribution >= 0.6 is 0 Å². The van der Waals surface area contributed by atoms with E-state index >= 15 is 0 Å². The molecule has 5 rings (SSSR count). The molecule has 7 nitrogen and oxygen atoms in total. The molecule has 1 aliphatic carbocycles. The predicted molar refractivity (Wildman–Crippen MR) is 139 cm³/mol. The van der Waals surface area contributed by atoms with Gasteiger partial charge in [0.05, 0.1) is 26.2 Å². The molecule has 2 atom stereocenters. The lowest BCUT2D eigenvalue weighted by atomic mass is 9.83. The van der Waals surface area contributed by atoms with Crippen LogP contribution in [-0.2, 0) is 19.0 Å². The van der Waals surface area contributed by atoms with Crippen molar-refractivity contribution in [3.05, 3.63) is 53.6 Å². The molecule has 1 saturated carbocycles. The van der Waals surface area contributed by atoms with Gasteiger partial charge in [0.15, 0.2) is 0 Å². The lowest BCUT2D eigenvalue weighted by Crippen LogP contribution is -2.24. The van der Waals surface area contributed by atoms with E-state index in [2.05, 4.69) is 26.0 Å². The number of hydrogen-bond acceptors (Lipinski definition) is 7. The molecule has 2 heterocycles. The highest BCUT2D eigenvalue weighted by molar-refractivity contribution is 5.69. The molecule has 3 fully saturated rings. The van der Waals surface area contributed by atoms with Gasteiger partial charge >= 0.3 is 5.97 Å². The van der Waals surface area contributed by atoms with Crippen LogP contribution in [0, 0.1) is 0 Å². The van der Waals surface area contributed by atoms with Gasteiger partial charge in [0.25, 0.3) is 0 Å². The predicted octanol–water partition coefficient (Wildman–Crippen LogP) is 5.40. The molecule has 0 N–H and O–H groups in total. The molecule has 0 radical (unpaired) electrons. The molecule has 2 saturated heterocycles. The maximum Gasteiger partial charge on any atom is 0.309 e. The Balaban J connectivity index is 1.01. The van der Waals surface area contributed by atoms with Crippen LogP contribution in [0.25, 0.3) is 0 Å². The summed E-state index contributed by atoms with van der Waals surface area (Å²) in [5.41, 5.74) is 2.42. The largest absolute Gasteiger partial charge is 0.493 e. The first-order valence-corrected chi connectivity index (χ1v) is 13.6. The number of hydrogen-bond donors (Lipinski definition) is 0. The Labute approximate surface area is 219 Å². The van der Waals surface area contributed by atoms with Gasteiger partial charge in [-0.25, -0.2) is 0 Å². The van der Waals surface area contributed by atoms with Crippen molar-refractivity contribution in [2.75, 3.05) is 33.0 Å². The molecule has 7 heteroatoms. The van der Waals surface area contributed by atoms with Crippen molar-refractivity contribution in [1.82, 2.24) is 0 Å². The molecule has 3 aliphatic rings. The first-order chi connectivity index (χ1) is 18.0. The molecular weight excluding hydrogens is 472 g/mol. The number of rotatable bonds is 13. The third kappa shape index (κ3) is 7.86. The molecule has 0 amide bonds. The second-order valence-corrected chi connectivity index (χ2v) is 10.5. The minimum atomic E-state index is -0.196. The van der Waals surface area contributed by atoms with Crippen LogP contribution in [-0.4, -0.2) is 57.3 Å². The molecule has 37 heavy (non-hydrogen) atoms. The van der Waals surface area contributed by atoms with Gasteiger partial charge in [-0.1, -0.05) is 26.0 Å². The van der Waals surface area contributed by atoms with E-state index in [0.717, 1.165) is 61.7 Å². The number of esters is 1. The summed E-state index contributed by atoms with van der Waals surface area (Å²) in [7, 11) is 0. The normalized spacial score (nSPS) is 24.4. The third-order valence-corrected chi connectivity index (χ3v) is 7.17. The van der Waals surface area contributed by atoms with E-state index in [1.165, 1.54) is 5.56 Å². The summed E-state index contributed by atoms with van der Waals surface area (Å²) in [4.78, 5) is 12.4. The van der Waals surface area contributed by atoms with Gasteiger partial charge in [0.2, 0.25) is 0 Å². The van der Waals surface area contributed by atoms with E-state index in [4.69, 9.17) is 28.4 Å². The van der Waals surface area contributed by atoms with E-state index in [1.54, 1.807) is 0 Å². The van der Waals surface area contributed by atoms with E-state index in [1.807, 2.05) is 30.3 Å². The zero-order valence-corrected chi connectivity index (χ0v) is 21.9. The molecule has 2 aromatic carbocycles. The van der Waals surface area contributed by atoms with E-state index < -0.39 is 0 Å². The number of benzene rings is 2. The minimum Gasteiger partial charge on any atom is -0.493 e. The summed E-state index contributed by atoms with van der Waals surface area (Å²) in [5.74, 6) is 3.09. The van der Waals surface area contributed by atoms with E-state index in [0.29, 0.717) is 31.7 Å². The van der Waals surface area contributed by atoms with Crippen molar-refractivity contribution in [2.45, 2.75) is 76.1 Å². The van der Waals surface area contributed by atoms with Crippen LogP contribution in [0.2, 0.25) is 0 Å². The van der Waals surface area contributed by atoms with Gasteiger partial charge in [0.1, 0.15) is 48.8 Å². The van der Waals surface area contributed by atoms with Crippen molar-refractivity contribution >= 4 is 5.97 Å². The molecule has 0 bridgehead atoms. The topological polar surface area (TPSA) is 79.1 Å². The summed E-state index contributed by atoms with van der Waals surface area (Å²) in [6.45, 7) is 7.32. The highest BCUT2D eigenvalue weighted by atomic mass is 16.6. The monoisotopic (exact) mass is 510 g/mol. The van der Waals surface area contributed by atoms with Crippen molar-refractivity contribution in [3.63, 3.8) is 0 Å². The summed E-state index contributed by atoms with van der Waals surface area (Å²) >= 11 is 0. The van der Waals surface area contributed by atoms with Crippen molar-refractivity contribution in [1.29, 1.82) is 0 Å². The molecule has 0 spiro atoms. The SMILES string of the molecule is CC(C)c1cc(OCCC(=O)OC2CCC(c3ccc(OCC4CO4)cc3)CC2)ccc1OCC1CO1. The van der Waals surface area contributed by atoms with Gasteiger partial charge in [-0.05, 0) is 73.4 Å². The fraction of sp³-hybridized carbons (Fsp3) is 0.567. The second kappa shape index (κ2) is 12.2. The maximum absolute atomic E-state index is 12.4. The number of carbonyl (C=O) groups excluding carboxylic acids is 1. The Kier molecular flexibility index (Phi) is 8.52. The highest BCUT2D eigenvalue weighted by Gasteiger charge is 2.26. The number of carbonyl (C=O) groups is 1. The second-order valence-electron chi connectivity index (χ2n) is 10.5. The summed E-state index contributed by atoms with van der Waals surface area (Å²) in [5, 5.41) is 0. The molecule has 2 aromatic rings. The highest BCUT2D eigenvalue weighted by Crippen LogP contribution is 2.35. The van der Waals surface area contributed by atoms with Crippen LogP contribution in [0.5, 0.6) is 17.2 Å². The van der Waals surface area contributed by atoms with Gasteiger partial charge in [-0.3, -0.25) is 4.79 Å². The first-order valence-electron chi connectivity index (χ1n) is 13.6. The van der Waals surface area contributed by atoms with Crippen LogP contribution in [0.15, 0.2) is 42.5 Å². The smallest absolute Gasteiger partial charge is 0.309 e. The lowest BCUT2D eigenvalue weighted by molar-refractivity contribution is -0.151. The Morgan fingerprint density at radius 1 is 0.865 bits per heavy atom. The van der Waals surface area contributed by atoms with Crippen molar-refractivity contribution in [3.8, 4) is 17.2 Å². The fourth-order valence-electron chi connectivity index (χ4n) is 4.75. The Hall–Kier alpha value is -2.77. The Morgan fingerprint density at radius 3 is 2.16 bits per heavy atom. The quantitative estimate of drug-likeness (QED) is 0.264. The van der Waals surface area contributed by atoms with Gasteiger partial charge in [-0.15, -0.1) is 0 Å². The first kappa shape index (κ1) is 25.9. The van der Waals surface area contributed by atoms with Gasteiger partial charge < -0.3 is 28.4 Å². The van der Waals surface area contributed by atoms with Crippen LogP contribution < -0.4 is 14.2 Å². The van der Waals surface area contributed by atoms with Gasteiger partial charge in [0, 0.05) is 5.56 Å². The summed E-state index contributed by atoms with van der Waals surface area (Å²) < 4.78 is 33.7. The molecule has 0 aromatic heterocycles. The summed E-state index contributed by atoms with van der Waals surface area (Å²) in [6, 6.07) is 14.2. The van der Waals surface area contributed by atoms with Crippen LogP contribution in [0.1, 0.15) is 68.9 Å². The Morgan fingerprint density at radius 2 is 1.51 bits per heavy atom. The molecular formula is C30H38O7. The zero-order valence-electron chi connectivity index (χ0n) is 21.9. The number of epoxide rings is 2. The van der Waals surface area contributed by atoms with E-state index in [9.17, 15) is 4.79 Å². The standard InChI is InChI=1S/C30H38O7/c1-20(2)28-15-25(11-12-29(28)36-19-27-18-35-27)32-14-13-30(31)37-24-9-5-22(6-10-24)21-3-7-23(8-4-21)33-16-26-17-34-26/h3-4,7-8,11-12,15,20,22,24,26-27H,5-6,9-10,13-14,16-19H2,1-2H3. The molecule has 2 aliphatic heterocycles. The van der Waals surface area contributed by atoms with Gasteiger partial charge in [-0.2, -0.15) is 0 Å². The molecule has 2 unspecified atom stereocenters. The van der Waals surface area contributed by atoms with Crippen molar-refractivity contribution in [2.24, 2.45) is 0 Å². The molecule has 200 valence electrons. The average molecular weight is 511 g/mol. The summed E-state index contributed by atoms with van der Waals surface area (Å²) in [6.07, 6.45) is 4.52. The number of ether oxygens (including phenoxy) is 6. The lowest BCUT2D eigenvalue weighted by Gasteiger charge is -2.28. The fourth-order valence-corrected chi connectivity index (χ4v) is 4.75. The third-order valence-electron chi connectivity index (χ3n) is 7.17. The van der Waals surface area contributed by atoms with E-state index in [-0.39, 0.29) is 30.7 Å². The minimum absolute atomic E-state index is 0.00989. The van der Waals surface area contributed by atoms with Crippen molar-refractivity contribution < 1.29 is 33.2 Å². The maximum atomic E-state index is 12.4. The van der Waals surface area contributed by atoms with Crippen LogP contribution in [0.3, 0.4) is 0 Å². The Bertz CT molecular complexity index is 1020.